The minimum absolute atomic E-state index is 0.0138. The molecule has 0 radical (unpaired) electrons. The standard InChI is InChI=1S/C25H41N5O2S2/c1-19-6-8-21(9-7-19)30(22-10-14-29(15-11-22)20(2)31)25(32)27-24-26-18-23(34-24)33-17-16-28-12-4-3-5-13-28/h18-19,21-22H,3-17H2,1-2H3,(H,26,27,32). The molecule has 2 aliphatic heterocycles. The van der Waals surface area contributed by atoms with Crippen LogP contribution in [0.15, 0.2) is 10.4 Å². The lowest BCUT2D eigenvalue weighted by Gasteiger charge is -2.44. The summed E-state index contributed by atoms with van der Waals surface area (Å²) in [6.45, 7) is 9.00. The van der Waals surface area contributed by atoms with E-state index in [0.717, 1.165) is 57.0 Å². The predicted molar refractivity (Wildman–Crippen MR) is 141 cm³/mol. The SMILES string of the molecule is CC(=O)N1CCC(N(C(=O)Nc2ncc(SCCN3CCCCC3)s2)C2CCC(C)CC2)CC1. The molecular weight excluding hydrogens is 466 g/mol. The van der Waals surface area contributed by atoms with Gasteiger partial charge in [0.05, 0.1) is 10.4 Å². The van der Waals surface area contributed by atoms with Crippen LogP contribution in [0.3, 0.4) is 0 Å². The van der Waals surface area contributed by atoms with Crippen LogP contribution in [0.4, 0.5) is 9.93 Å². The fourth-order valence-electron chi connectivity index (χ4n) is 5.61. The van der Waals surface area contributed by atoms with Gasteiger partial charge in [0, 0.05) is 44.4 Å². The molecule has 1 aromatic rings. The first kappa shape index (κ1) is 25.8. The Kier molecular flexibility index (Phi) is 9.53. The molecular formula is C25H41N5O2S2. The van der Waals surface area contributed by atoms with E-state index in [9.17, 15) is 9.59 Å². The summed E-state index contributed by atoms with van der Waals surface area (Å²) in [5.41, 5.74) is 0. The van der Waals surface area contributed by atoms with Crippen molar-refractivity contribution in [2.45, 2.75) is 87.9 Å². The summed E-state index contributed by atoms with van der Waals surface area (Å²) >= 11 is 3.43. The number of carbonyl (C=O) groups excluding carboxylic acids is 2. The van der Waals surface area contributed by atoms with Gasteiger partial charge in [-0.3, -0.25) is 10.1 Å². The van der Waals surface area contributed by atoms with Gasteiger partial charge in [0.15, 0.2) is 5.13 Å². The number of aromatic nitrogens is 1. The number of carbonyl (C=O) groups is 2. The largest absolute Gasteiger partial charge is 0.343 e. The van der Waals surface area contributed by atoms with Crippen LogP contribution in [0.5, 0.6) is 0 Å². The van der Waals surface area contributed by atoms with Gasteiger partial charge in [0.25, 0.3) is 0 Å². The number of nitrogens with zero attached hydrogens (tertiary/aromatic N) is 4. The lowest BCUT2D eigenvalue weighted by Crippen LogP contribution is -2.54. The highest BCUT2D eigenvalue weighted by Gasteiger charge is 2.35. The van der Waals surface area contributed by atoms with Crippen LogP contribution in [-0.2, 0) is 4.79 Å². The molecule has 9 heteroatoms. The molecule has 3 amide bonds. The minimum Gasteiger partial charge on any atom is -0.343 e. The van der Waals surface area contributed by atoms with Gasteiger partial charge in [-0.25, -0.2) is 9.78 Å². The lowest BCUT2D eigenvalue weighted by molar-refractivity contribution is -0.130. The van der Waals surface area contributed by atoms with Gasteiger partial charge in [-0.2, -0.15) is 0 Å². The molecule has 0 aromatic carbocycles. The quantitative estimate of drug-likeness (QED) is 0.517. The van der Waals surface area contributed by atoms with Crippen LogP contribution < -0.4 is 5.32 Å². The molecule has 1 aliphatic carbocycles. The van der Waals surface area contributed by atoms with Crippen molar-refractivity contribution in [1.29, 1.82) is 0 Å². The Morgan fingerprint density at radius 2 is 1.74 bits per heavy atom. The van der Waals surface area contributed by atoms with Crippen LogP contribution in [0.2, 0.25) is 0 Å². The van der Waals surface area contributed by atoms with Gasteiger partial charge < -0.3 is 14.7 Å². The van der Waals surface area contributed by atoms with Gasteiger partial charge in [0.1, 0.15) is 0 Å². The predicted octanol–water partition coefficient (Wildman–Crippen LogP) is 5.14. The van der Waals surface area contributed by atoms with Crippen molar-refractivity contribution in [3.63, 3.8) is 0 Å². The fraction of sp³-hybridized carbons (Fsp3) is 0.800. The van der Waals surface area contributed by atoms with E-state index in [1.165, 1.54) is 49.4 Å². The molecule has 0 spiro atoms. The third-order valence-corrected chi connectivity index (χ3v) is 9.80. The third kappa shape index (κ3) is 7.10. The van der Waals surface area contributed by atoms with E-state index in [-0.39, 0.29) is 24.0 Å². The van der Waals surface area contributed by atoms with Crippen molar-refractivity contribution < 1.29 is 9.59 Å². The van der Waals surface area contributed by atoms with Crippen LogP contribution in [0.25, 0.3) is 0 Å². The first-order chi connectivity index (χ1) is 16.5. The summed E-state index contributed by atoms with van der Waals surface area (Å²) in [6, 6.07) is 0.454. The zero-order valence-electron chi connectivity index (χ0n) is 20.8. The van der Waals surface area contributed by atoms with Crippen molar-refractivity contribution >= 4 is 40.2 Å². The van der Waals surface area contributed by atoms with Gasteiger partial charge in [0.2, 0.25) is 5.91 Å². The highest BCUT2D eigenvalue weighted by atomic mass is 32.2. The Morgan fingerprint density at radius 1 is 1.06 bits per heavy atom. The molecule has 3 aliphatic rings. The van der Waals surface area contributed by atoms with Crippen LogP contribution >= 0.6 is 23.1 Å². The molecule has 4 rings (SSSR count). The Bertz CT molecular complexity index is 797. The van der Waals surface area contributed by atoms with Gasteiger partial charge in [-0.1, -0.05) is 24.7 Å². The maximum absolute atomic E-state index is 13.5. The minimum atomic E-state index is -0.0138. The second kappa shape index (κ2) is 12.6. The van der Waals surface area contributed by atoms with Crippen molar-refractivity contribution in [3.8, 4) is 0 Å². The van der Waals surface area contributed by atoms with E-state index in [1.807, 2.05) is 22.9 Å². The maximum atomic E-state index is 13.5. The summed E-state index contributed by atoms with van der Waals surface area (Å²) in [5, 5.41) is 3.83. The van der Waals surface area contributed by atoms with E-state index in [4.69, 9.17) is 0 Å². The first-order valence-corrected chi connectivity index (χ1v) is 15.0. The third-order valence-electron chi connectivity index (χ3n) is 7.72. The highest BCUT2D eigenvalue weighted by molar-refractivity contribution is 8.01. The Morgan fingerprint density at radius 3 is 2.41 bits per heavy atom. The Balaban J connectivity index is 1.33. The fourth-order valence-corrected chi connectivity index (χ4v) is 7.55. The van der Waals surface area contributed by atoms with Gasteiger partial charge in [-0.15, -0.1) is 11.8 Å². The molecule has 1 aromatic heterocycles. The molecule has 34 heavy (non-hydrogen) atoms. The van der Waals surface area contributed by atoms with Crippen molar-refractivity contribution in [3.05, 3.63) is 6.20 Å². The average molecular weight is 508 g/mol. The summed E-state index contributed by atoms with van der Waals surface area (Å²) in [4.78, 5) is 36.4. The van der Waals surface area contributed by atoms with Gasteiger partial charge >= 0.3 is 6.03 Å². The monoisotopic (exact) mass is 507 g/mol. The van der Waals surface area contributed by atoms with Gasteiger partial charge in [-0.05, 0) is 70.4 Å². The number of anilines is 1. The number of likely N-dealkylation sites (tertiary alicyclic amines) is 2. The smallest absolute Gasteiger partial charge is 0.324 e. The summed E-state index contributed by atoms with van der Waals surface area (Å²) in [7, 11) is 0. The normalized spacial score (nSPS) is 24.7. The lowest BCUT2D eigenvalue weighted by atomic mass is 9.85. The number of thiazole rings is 1. The number of hydrogen-bond donors (Lipinski definition) is 1. The number of hydrogen-bond acceptors (Lipinski definition) is 6. The van der Waals surface area contributed by atoms with Crippen LogP contribution in [0.1, 0.15) is 71.6 Å². The number of piperidine rings is 2. The molecule has 1 saturated carbocycles. The number of rotatable bonds is 7. The van der Waals surface area contributed by atoms with Crippen LogP contribution in [-0.4, -0.2) is 82.2 Å². The molecule has 0 atom stereocenters. The zero-order chi connectivity index (χ0) is 23.9. The summed E-state index contributed by atoms with van der Waals surface area (Å²) in [6.07, 6.45) is 12.1. The van der Waals surface area contributed by atoms with Crippen molar-refractivity contribution in [1.82, 2.24) is 19.7 Å². The second-order valence-corrected chi connectivity index (χ2v) is 12.6. The van der Waals surface area contributed by atoms with E-state index in [2.05, 4.69) is 27.0 Å². The summed E-state index contributed by atoms with van der Waals surface area (Å²) < 4.78 is 1.17. The average Bonchev–Trinajstić information content (AvgIpc) is 3.28. The van der Waals surface area contributed by atoms with E-state index in [1.54, 1.807) is 18.3 Å². The van der Waals surface area contributed by atoms with E-state index >= 15 is 0 Å². The first-order valence-electron chi connectivity index (χ1n) is 13.2. The molecule has 1 N–H and O–H groups in total. The molecule has 7 nitrogen and oxygen atoms in total. The number of thioether (sulfide) groups is 1. The number of nitrogens with one attached hydrogen (secondary N) is 1. The van der Waals surface area contributed by atoms with E-state index < -0.39 is 0 Å². The van der Waals surface area contributed by atoms with E-state index in [0.29, 0.717) is 5.13 Å². The van der Waals surface area contributed by atoms with Crippen molar-refractivity contribution in [2.24, 2.45) is 5.92 Å². The summed E-state index contributed by atoms with van der Waals surface area (Å²) in [5.74, 6) is 1.94. The molecule has 2 saturated heterocycles. The topological polar surface area (TPSA) is 68.8 Å². The van der Waals surface area contributed by atoms with Crippen molar-refractivity contribution in [2.75, 3.05) is 43.8 Å². The number of amides is 3. The Labute approximate surface area is 213 Å². The van der Waals surface area contributed by atoms with Crippen LogP contribution in [0, 0.1) is 5.92 Å². The Hall–Kier alpha value is -1.32. The number of urea groups is 1. The molecule has 0 bridgehead atoms. The highest BCUT2D eigenvalue weighted by Crippen LogP contribution is 2.33. The second-order valence-electron chi connectivity index (χ2n) is 10.2. The molecule has 190 valence electrons. The molecule has 0 unspecified atom stereocenters. The molecule has 3 heterocycles. The molecule has 3 fully saturated rings. The zero-order valence-corrected chi connectivity index (χ0v) is 22.5. The maximum Gasteiger partial charge on any atom is 0.324 e.